The number of rotatable bonds is 5. The predicted octanol–water partition coefficient (Wildman–Crippen LogP) is 4.05. The summed E-state index contributed by atoms with van der Waals surface area (Å²) < 4.78 is 39.7. The summed E-state index contributed by atoms with van der Waals surface area (Å²) in [6, 6.07) is 6.56. The van der Waals surface area contributed by atoms with E-state index in [0.717, 1.165) is 18.6 Å². The monoisotopic (exact) mass is 325 g/mol. The number of alkyl halides is 3. The Balaban J connectivity index is 2.07. The molecule has 0 unspecified atom stereocenters. The van der Waals surface area contributed by atoms with Gasteiger partial charge in [-0.15, -0.1) is 0 Å². The number of aromatic nitrogens is 2. The van der Waals surface area contributed by atoms with Crippen molar-refractivity contribution < 1.29 is 18.0 Å². The number of amides is 1. The molecule has 4 nitrogen and oxygen atoms in total. The van der Waals surface area contributed by atoms with Gasteiger partial charge < -0.3 is 5.32 Å². The summed E-state index contributed by atoms with van der Waals surface area (Å²) in [6.07, 6.45) is -2.12. The van der Waals surface area contributed by atoms with Gasteiger partial charge in [0.1, 0.15) is 5.82 Å². The van der Waals surface area contributed by atoms with Gasteiger partial charge in [-0.3, -0.25) is 4.79 Å². The molecule has 0 aliphatic rings. The second-order valence-corrected chi connectivity index (χ2v) is 5.34. The molecule has 124 valence electrons. The molecule has 2 aromatic rings. The first-order valence-corrected chi connectivity index (χ1v) is 7.30. The van der Waals surface area contributed by atoms with E-state index in [-0.39, 0.29) is 18.4 Å². The fraction of sp³-hybridized carbons (Fsp3) is 0.375. The Hall–Kier alpha value is -2.31. The summed E-state index contributed by atoms with van der Waals surface area (Å²) in [6.45, 7) is 3.97. The SMILES string of the molecule is CC[C@@H](C)n1nccc1NC(=O)Cc1cccc(C(F)(F)F)c1. The van der Waals surface area contributed by atoms with Gasteiger partial charge in [-0.2, -0.15) is 18.3 Å². The predicted molar refractivity (Wildman–Crippen MR) is 81.0 cm³/mol. The van der Waals surface area contributed by atoms with E-state index in [1.54, 1.807) is 16.9 Å². The third-order valence-corrected chi connectivity index (χ3v) is 3.57. The van der Waals surface area contributed by atoms with Gasteiger partial charge in [0.25, 0.3) is 0 Å². The summed E-state index contributed by atoms with van der Waals surface area (Å²) >= 11 is 0. The summed E-state index contributed by atoms with van der Waals surface area (Å²) in [4.78, 5) is 12.1. The van der Waals surface area contributed by atoms with Crippen LogP contribution < -0.4 is 5.32 Å². The van der Waals surface area contributed by atoms with E-state index >= 15 is 0 Å². The van der Waals surface area contributed by atoms with Crippen molar-refractivity contribution in [1.29, 1.82) is 0 Å². The molecule has 0 saturated heterocycles. The lowest BCUT2D eigenvalue weighted by Gasteiger charge is -2.14. The maximum absolute atomic E-state index is 12.7. The Morgan fingerprint density at radius 3 is 2.74 bits per heavy atom. The van der Waals surface area contributed by atoms with Crippen molar-refractivity contribution in [3.8, 4) is 0 Å². The highest BCUT2D eigenvalue weighted by molar-refractivity contribution is 5.91. The number of nitrogens with one attached hydrogen (secondary N) is 1. The van der Waals surface area contributed by atoms with Crippen molar-refractivity contribution in [3.05, 3.63) is 47.7 Å². The Morgan fingerprint density at radius 2 is 2.09 bits per heavy atom. The van der Waals surface area contributed by atoms with Gasteiger partial charge in [0.2, 0.25) is 5.91 Å². The van der Waals surface area contributed by atoms with Crippen molar-refractivity contribution in [2.75, 3.05) is 5.32 Å². The van der Waals surface area contributed by atoms with Crippen LogP contribution in [0.25, 0.3) is 0 Å². The average molecular weight is 325 g/mol. The van der Waals surface area contributed by atoms with Gasteiger partial charge in [0.15, 0.2) is 0 Å². The van der Waals surface area contributed by atoms with Gasteiger partial charge in [-0.25, -0.2) is 4.68 Å². The van der Waals surface area contributed by atoms with Crippen LogP contribution in [0, 0.1) is 0 Å². The van der Waals surface area contributed by atoms with Crippen LogP contribution in [0.15, 0.2) is 36.5 Å². The minimum absolute atomic E-state index is 0.119. The topological polar surface area (TPSA) is 46.9 Å². The fourth-order valence-electron chi connectivity index (χ4n) is 2.17. The van der Waals surface area contributed by atoms with Crippen molar-refractivity contribution >= 4 is 11.7 Å². The largest absolute Gasteiger partial charge is 0.416 e. The number of hydrogen-bond donors (Lipinski definition) is 1. The number of anilines is 1. The van der Waals surface area contributed by atoms with E-state index in [4.69, 9.17) is 0 Å². The second kappa shape index (κ2) is 6.85. The van der Waals surface area contributed by atoms with Crippen molar-refractivity contribution in [2.24, 2.45) is 0 Å². The molecule has 23 heavy (non-hydrogen) atoms. The Kier molecular flexibility index (Phi) is 5.08. The normalized spacial score (nSPS) is 12.9. The van der Waals surface area contributed by atoms with Gasteiger partial charge in [0, 0.05) is 6.07 Å². The van der Waals surface area contributed by atoms with E-state index in [2.05, 4.69) is 10.4 Å². The van der Waals surface area contributed by atoms with Gasteiger partial charge in [-0.05, 0) is 25.0 Å². The molecule has 1 aromatic carbocycles. The third kappa shape index (κ3) is 4.34. The van der Waals surface area contributed by atoms with Crippen LogP contribution in [0.5, 0.6) is 0 Å². The quantitative estimate of drug-likeness (QED) is 0.901. The smallest absolute Gasteiger partial charge is 0.311 e. The molecule has 7 heteroatoms. The van der Waals surface area contributed by atoms with Gasteiger partial charge >= 0.3 is 6.18 Å². The van der Waals surface area contributed by atoms with Gasteiger partial charge in [0.05, 0.1) is 24.2 Å². The molecule has 1 amide bonds. The third-order valence-electron chi connectivity index (χ3n) is 3.57. The highest BCUT2D eigenvalue weighted by Crippen LogP contribution is 2.29. The molecule has 0 bridgehead atoms. The number of carbonyl (C=O) groups is 1. The Labute approximate surface area is 132 Å². The molecule has 0 aliphatic carbocycles. The van der Waals surface area contributed by atoms with E-state index in [1.807, 2.05) is 13.8 Å². The molecule has 1 N–H and O–H groups in total. The summed E-state index contributed by atoms with van der Waals surface area (Å²) in [5.41, 5.74) is -0.445. The van der Waals surface area contributed by atoms with Crippen LogP contribution in [0.3, 0.4) is 0 Å². The molecule has 0 radical (unpaired) electrons. The first kappa shape index (κ1) is 17.1. The molecule has 1 heterocycles. The number of hydrogen-bond acceptors (Lipinski definition) is 2. The standard InChI is InChI=1S/C16H18F3N3O/c1-3-11(2)22-14(7-8-20-22)21-15(23)10-12-5-4-6-13(9-12)16(17,18)19/h4-9,11H,3,10H2,1-2H3,(H,21,23)/t11-/m1/s1. The molecule has 1 aromatic heterocycles. The maximum Gasteiger partial charge on any atom is 0.416 e. The molecule has 0 spiro atoms. The highest BCUT2D eigenvalue weighted by Gasteiger charge is 2.30. The van der Waals surface area contributed by atoms with Crippen LogP contribution in [0.2, 0.25) is 0 Å². The zero-order chi connectivity index (χ0) is 17.0. The molecule has 1 atom stereocenters. The van der Waals surface area contributed by atoms with Crippen LogP contribution >= 0.6 is 0 Å². The molecule has 0 fully saturated rings. The second-order valence-electron chi connectivity index (χ2n) is 5.34. The molecular weight excluding hydrogens is 307 g/mol. The average Bonchev–Trinajstić information content (AvgIpc) is 2.93. The summed E-state index contributed by atoms with van der Waals surface area (Å²) in [7, 11) is 0. The van der Waals surface area contributed by atoms with E-state index in [1.165, 1.54) is 12.1 Å². The first-order chi connectivity index (χ1) is 10.8. The van der Waals surface area contributed by atoms with Crippen LogP contribution in [-0.4, -0.2) is 15.7 Å². The number of benzene rings is 1. The lowest BCUT2D eigenvalue weighted by Crippen LogP contribution is -2.19. The van der Waals surface area contributed by atoms with Crippen LogP contribution in [0.4, 0.5) is 19.0 Å². The number of nitrogens with zero attached hydrogens (tertiary/aromatic N) is 2. The van der Waals surface area contributed by atoms with Crippen LogP contribution in [-0.2, 0) is 17.4 Å². The molecule has 0 aliphatic heterocycles. The van der Waals surface area contributed by atoms with E-state index in [0.29, 0.717) is 11.4 Å². The van der Waals surface area contributed by atoms with Gasteiger partial charge in [-0.1, -0.05) is 25.1 Å². The Morgan fingerprint density at radius 1 is 1.35 bits per heavy atom. The van der Waals surface area contributed by atoms with E-state index in [9.17, 15) is 18.0 Å². The highest BCUT2D eigenvalue weighted by atomic mass is 19.4. The summed E-state index contributed by atoms with van der Waals surface area (Å²) in [5, 5.41) is 6.84. The Bertz CT molecular complexity index is 679. The minimum atomic E-state index is -4.42. The zero-order valence-corrected chi connectivity index (χ0v) is 12.9. The van der Waals surface area contributed by atoms with Crippen molar-refractivity contribution in [2.45, 2.75) is 38.9 Å². The lowest BCUT2D eigenvalue weighted by molar-refractivity contribution is -0.137. The zero-order valence-electron chi connectivity index (χ0n) is 12.9. The molecule has 0 saturated carbocycles. The van der Waals surface area contributed by atoms with Crippen LogP contribution in [0.1, 0.15) is 37.4 Å². The lowest BCUT2D eigenvalue weighted by atomic mass is 10.1. The minimum Gasteiger partial charge on any atom is -0.311 e. The van der Waals surface area contributed by atoms with E-state index < -0.39 is 11.7 Å². The maximum atomic E-state index is 12.7. The molecule has 2 rings (SSSR count). The van der Waals surface area contributed by atoms with Crippen molar-refractivity contribution in [1.82, 2.24) is 9.78 Å². The van der Waals surface area contributed by atoms with Crippen molar-refractivity contribution in [3.63, 3.8) is 0 Å². The number of carbonyl (C=O) groups excluding carboxylic acids is 1. The fourth-order valence-corrected chi connectivity index (χ4v) is 2.17. The first-order valence-electron chi connectivity index (χ1n) is 7.30. The number of halogens is 3. The molecular formula is C16H18F3N3O. The summed E-state index contributed by atoms with van der Waals surface area (Å²) in [5.74, 6) is 0.158.